The molecule has 0 saturated heterocycles. The zero-order valence-electron chi connectivity index (χ0n) is 12.2. The maximum atomic E-state index is 13.2. The largest absolute Gasteiger partial charge is 0.302 e. The fraction of sp³-hybridized carbons (Fsp3) is 1.00. The van der Waals surface area contributed by atoms with Gasteiger partial charge < -0.3 is 0 Å². The van der Waals surface area contributed by atoms with Gasteiger partial charge in [-0.3, -0.25) is 5.73 Å². The molecule has 0 aliphatic heterocycles. The fourth-order valence-corrected chi connectivity index (χ4v) is 2.34. The van der Waals surface area contributed by atoms with E-state index in [1.165, 1.54) is 12.8 Å². The maximum absolute atomic E-state index is 13.2. The second-order valence-corrected chi connectivity index (χ2v) is 5.42. The first-order valence-electron chi connectivity index (χ1n) is 7.69. The quantitative estimate of drug-likeness (QED) is 0.366. The molecule has 0 amide bonds. The van der Waals surface area contributed by atoms with Gasteiger partial charge in [0.2, 0.25) is 0 Å². The van der Waals surface area contributed by atoms with Gasteiger partial charge in [0.1, 0.15) is 0 Å². The minimum Gasteiger partial charge on any atom is -0.272 e. The Kier molecular flexibility index (Phi) is 10.6. The molecule has 0 aliphatic carbocycles. The van der Waals surface area contributed by atoms with Gasteiger partial charge in [0.05, 0.1) is 0 Å². The van der Waals surface area contributed by atoms with Gasteiger partial charge in [-0.15, -0.1) is 0 Å². The monoisotopic (exact) mass is 263 g/mol. The highest BCUT2D eigenvalue weighted by Gasteiger charge is 2.33. The van der Waals surface area contributed by atoms with E-state index in [4.69, 9.17) is 5.73 Å². The molecule has 1 unspecified atom stereocenters. The molecule has 0 fully saturated rings. The number of nitrogens with two attached hydrogens (primary N) is 1. The highest BCUT2D eigenvalue weighted by atomic mass is 19.3. The molecule has 0 radical (unpaired) electrons. The second kappa shape index (κ2) is 10.7. The number of hydrogen-bond donors (Lipinski definition) is 1. The first kappa shape index (κ1) is 17.8. The van der Waals surface area contributed by atoms with Crippen molar-refractivity contribution < 1.29 is 8.78 Å². The lowest BCUT2D eigenvalue weighted by atomic mass is 9.92. The Balaban J connectivity index is 3.79. The molecule has 0 aromatic heterocycles. The van der Waals surface area contributed by atoms with Gasteiger partial charge in [-0.25, -0.2) is 0 Å². The zero-order valence-corrected chi connectivity index (χ0v) is 12.2. The fourth-order valence-electron chi connectivity index (χ4n) is 2.34. The third-order valence-electron chi connectivity index (χ3n) is 3.61. The molecule has 0 aromatic carbocycles. The summed E-state index contributed by atoms with van der Waals surface area (Å²) in [5, 5.41) is 0. The van der Waals surface area contributed by atoms with Crippen LogP contribution in [0.5, 0.6) is 0 Å². The summed E-state index contributed by atoms with van der Waals surface area (Å²) in [7, 11) is 0. The molecule has 3 heteroatoms. The van der Waals surface area contributed by atoms with Gasteiger partial charge >= 0.3 is 6.05 Å². The van der Waals surface area contributed by atoms with Gasteiger partial charge in [0, 0.05) is 5.92 Å². The van der Waals surface area contributed by atoms with Crippen LogP contribution in [0, 0.1) is 5.92 Å². The lowest BCUT2D eigenvalue weighted by molar-refractivity contribution is -0.0598. The van der Waals surface area contributed by atoms with Crippen LogP contribution in [-0.4, -0.2) is 6.05 Å². The second-order valence-electron chi connectivity index (χ2n) is 5.42. The standard InChI is InChI=1S/C15H31F2N/c1-3-5-7-9-11-13-14(15(16,17)18)12-10-8-6-4-2/h14H,3-13,18H2,1-2H3. The maximum Gasteiger partial charge on any atom is 0.302 e. The third kappa shape index (κ3) is 9.81. The lowest BCUT2D eigenvalue weighted by Gasteiger charge is -2.23. The Labute approximate surface area is 112 Å². The van der Waals surface area contributed by atoms with E-state index in [1.807, 2.05) is 0 Å². The number of rotatable bonds is 12. The first-order chi connectivity index (χ1) is 8.52. The van der Waals surface area contributed by atoms with Crippen LogP contribution in [-0.2, 0) is 0 Å². The Morgan fingerprint density at radius 1 is 0.778 bits per heavy atom. The minimum absolute atomic E-state index is 0.581. The molecule has 0 spiro atoms. The van der Waals surface area contributed by atoms with Crippen LogP contribution in [0.2, 0.25) is 0 Å². The van der Waals surface area contributed by atoms with Crippen molar-refractivity contribution in [2.75, 3.05) is 0 Å². The van der Waals surface area contributed by atoms with Crippen molar-refractivity contribution in [2.24, 2.45) is 11.7 Å². The summed E-state index contributed by atoms with van der Waals surface area (Å²) in [5.41, 5.74) is 5.00. The van der Waals surface area contributed by atoms with Gasteiger partial charge in [0.15, 0.2) is 0 Å². The first-order valence-corrected chi connectivity index (χ1v) is 7.69. The van der Waals surface area contributed by atoms with Gasteiger partial charge in [-0.05, 0) is 12.8 Å². The Morgan fingerprint density at radius 3 is 1.56 bits per heavy atom. The van der Waals surface area contributed by atoms with Crippen LogP contribution >= 0.6 is 0 Å². The summed E-state index contributed by atoms with van der Waals surface area (Å²) < 4.78 is 26.5. The molecule has 0 rings (SSSR count). The summed E-state index contributed by atoms with van der Waals surface area (Å²) in [5.74, 6) is -0.615. The highest BCUT2D eigenvalue weighted by molar-refractivity contribution is 4.71. The van der Waals surface area contributed by atoms with E-state index < -0.39 is 12.0 Å². The van der Waals surface area contributed by atoms with Gasteiger partial charge in [0.25, 0.3) is 0 Å². The van der Waals surface area contributed by atoms with Gasteiger partial charge in [-0.1, -0.05) is 71.6 Å². The molecule has 2 N–H and O–H groups in total. The average Bonchev–Trinajstić information content (AvgIpc) is 2.30. The zero-order chi connectivity index (χ0) is 13.9. The van der Waals surface area contributed by atoms with Crippen LogP contribution < -0.4 is 5.73 Å². The number of unbranched alkanes of at least 4 members (excludes halogenated alkanes) is 7. The van der Waals surface area contributed by atoms with E-state index in [-0.39, 0.29) is 0 Å². The van der Waals surface area contributed by atoms with E-state index in [2.05, 4.69) is 13.8 Å². The van der Waals surface area contributed by atoms with E-state index in [0.717, 1.165) is 44.9 Å². The van der Waals surface area contributed by atoms with E-state index in [1.54, 1.807) is 0 Å². The SMILES string of the molecule is CCCCCCCC(CCCCCC)C(N)(F)F. The van der Waals surface area contributed by atoms with Crippen LogP contribution in [0.25, 0.3) is 0 Å². The summed E-state index contributed by atoms with van der Waals surface area (Å²) >= 11 is 0. The third-order valence-corrected chi connectivity index (χ3v) is 3.61. The van der Waals surface area contributed by atoms with Crippen LogP contribution in [0.1, 0.15) is 84.5 Å². The number of hydrogen-bond acceptors (Lipinski definition) is 1. The van der Waals surface area contributed by atoms with E-state index in [0.29, 0.717) is 12.8 Å². The predicted octanol–water partition coefficient (Wildman–Crippen LogP) is 5.49. The molecular weight excluding hydrogens is 232 g/mol. The molecule has 1 nitrogen and oxygen atoms in total. The van der Waals surface area contributed by atoms with Crippen molar-refractivity contribution >= 4 is 0 Å². The molecule has 0 bridgehead atoms. The number of alkyl halides is 2. The lowest BCUT2D eigenvalue weighted by Crippen LogP contribution is -2.38. The van der Waals surface area contributed by atoms with Crippen molar-refractivity contribution in [1.29, 1.82) is 0 Å². The summed E-state index contributed by atoms with van der Waals surface area (Å²) in [6.07, 6.45) is 10.9. The minimum atomic E-state index is -2.99. The summed E-state index contributed by atoms with van der Waals surface area (Å²) in [4.78, 5) is 0. The highest BCUT2D eigenvalue weighted by Crippen LogP contribution is 2.29. The van der Waals surface area contributed by atoms with Crippen molar-refractivity contribution in [3.63, 3.8) is 0 Å². The smallest absolute Gasteiger partial charge is 0.272 e. The predicted molar refractivity (Wildman–Crippen MR) is 74.8 cm³/mol. The van der Waals surface area contributed by atoms with Crippen LogP contribution in [0.3, 0.4) is 0 Å². The Hall–Kier alpha value is -0.180. The van der Waals surface area contributed by atoms with Crippen molar-refractivity contribution in [3.8, 4) is 0 Å². The van der Waals surface area contributed by atoms with E-state index in [9.17, 15) is 8.78 Å². The molecule has 0 heterocycles. The average molecular weight is 263 g/mol. The molecule has 1 atom stereocenters. The molecular formula is C15H31F2N. The van der Waals surface area contributed by atoms with Crippen LogP contribution in [0.15, 0.2) is 0 Å². The molecule has 0 aliphatic rings. The topological polar surface area (TPSA) is 26.0 Å². The Bertz CT molecular complexity index is 178. The molecule has 0 aromatic rings. The van der Waals surface area contributed by atoms with E-state index >= 15 is 0 Å². The normalized spacial score (nSPS) is 13.8. The van der Waals surface area contributed by atoms with Crippen molar-refractivity contribution in [1.82, 2.24) is 0 Å². The molecule has 18 heavy (non-hydrogen) atoms. The van der Waals surface area contributed by atoms with Crippen LogP contribution in [0.4, 0.5) is 8.78 Å². The molecule has 110 valence electrons. The van der Waals surface area contributed by atoms with Gasteiger partial charge in [-0.2, -0.15) is 8.78 Å². The summed E-state index contributed by atoms with van der Waals surface area (Å²) in [6, 6.07) is -2.99. The number of halogens is 2. The van der Waals surface area contributed by atoms with Crippen molar-refractivity contribution in [3.05, 3.63) is 0 Å². The van der Waals surface area contributed by atoms with Crippen molar-refractivity contribution in [2.45, 2.75) is 90.5 Å². The summed E-state index contributed by atoms with van der Waals surface area (Å²) in [6.45, 7) is 4.29. The Morgan fingerprint density at radius 2 is 1.17 bits per heavy atom. The molecule has 0 saturated carbocycles.